The van der Waals surface area contributed by atoms with Crippen LogP contribution in [0.4, 0.5) is 0 Å². The summed E-state index contributed by atoms with van der Waals surface area (Å²) in [6.07, 6.45) is 12.0. The van der Waals surface area contributed by atoms with Gasteiger partial charge in [0.15, 0.2) is 0 Å². The van der Waals surface area contributed by atoms with Gasteiger partial charge in [-0.3, -0.25) is 4.79 Å². The third-order valence-electron chi connectivity index (χ3n) is 5.87. The molecule has 5 atom stereocenters. The van der Waals surface area contributed by atoms with Gasteiger partial charge in [0.2, 0.25) is 0 Å². The number of rotatable bonds is 12. The molecule has 1 heterocycles. The number of aliphatic hydroxyl groups is 2. The fourth-order valence-corrected chi connectivity index (χ4v) is 5.76. The Morgan fingerprint density at radius 1 is 1.43 bits per heavy atom. The minimum Gasteiger partial charge on any atom is -0.481 e. The highest BCUT2D eigenvalue weighted by Crippen LogP contribution is 2.42. The van der Waals surface area contributed by atoms with Crippen LogP contribution < -0.4 is 0 Å². The second kappa shape index (κ2) is 12.8. The predicted molar refractivity (Wildman–Crippen MR) is 127 cm³/mol. The maximum absolute atomic E-state index is 10.6. The SMILES string of the molecule is [B]CC1CC(O)[C@H](CC=CCCCC(=O)O)[C@H]1C=C[C@@H](O)CCc1cc(Br)c(C)s1. The zero-order valence-corrected chi connectivity index (χ0v) is 19.9. The van der Waals surface area contributed by atoms with Gasteiger partial charge in [-0.2, -0.15) is 0 Å². The quantitative estimate of drug-likeness (QED) is 0.215. The Morgan fingerprint density at radius 3 is 2.83 bits per heavy atom. The first-order valence-electron chi connectivity index (χ1n) is 10.7. The molecule has 2 radical (unpaired) electrons. The molecule has 1 fully saturated rings. The summed E-state index contributed by atoms with van der Waals surface area (Å²) in [7, 11) is 5.94. The monoisotopic (exact) mass is 494 g/mol. The van der Waals surface area contributed by atoms with Crippen LogP contribution >= 0.6 is 27.3 Å². The summed E-state index contributed by atoms with van der Waals surface area (Å²) in [4.78, 5) is 13.1. The Kier molecular flexibility index (Phi) is 10.9. The van der Waals surface area contributed by atoms with Crippen LogP contribution in [-0.2, 0) is 11.2 Å². The van der Waals surface area contributed by atoms with Gasteiger partial charge in [0.05, 0.1) is 20.1 Å². The molecule has 0 saturated heterocycles. The summed E-state index contributed by atoms with van der Waals surface area (Å²) in [5, 5.41) is 29.6. The van der Waals surface area contributed by atoms with Crippen molar-refractivity contribution in [3.63, 3.8) is 0 Å². The molecule has 0 aliphatic heterocycles. The Morgan fingerprint density at radius 2 is 2.20 bits per heavy atom. The zero-order chi connectivity index (χ0) is 22.1. The summed E-state index contributed by atoms with van der Waals surface area (Å²) in [6.45, 7) is 2.08. The van der Waals surface area contributed by atoms with Crippen LogP contribution in [0.25, 0.3) is 0 Å². The lowest BCUT2D eigenvalue weighted by Gasteiger charge is -2.21. The Labute approximate surface area is 193 Å². The first-order valence-corrected chi connectivity index (χ1v) is 12.3. The smallest absolute Gasteiger partial charge is 0.303 e. The maximum atomic E-state index is 10.6. The van der Waals surface area contributed by atoms with Crippen molar-refractivity contribution in [3.05, 3.63) is 44.6 Å². The lowest BCUT2D eigenvalue weighted by Crippen LogP contribution is -2.19. The molecule has 2 unspecified atom stereocenters. The fraction of sp³-hybridized carbons (Fsp3) is 0.609. The summed E-state index contributed by atoms with van der Waals surface area (Å²) < 4.78 is 1.12. The largest absolute Gasteiger partial charge is 0.481 e. The lowest BCUT2D eigenvalue weighted by atomic mass is 9.80. The van der Waals surface area contributed by atoms with Crippen molar-refractivity contribution in [1.29, 1.82) is 0 Å². The van der Waals surface area contributed by atoms with Gasteiger partial charge in [-0.15, -0.1) is 11.3 Å². The molecule has 1 saturated carbocycles. The second-order valence-corrected chi connectivity index (χ2v) is 10.3. The molecule has 30 heavy (non-hydrogen) atoms. The number of carboxylic acid groups (broad SMARTS) is 1. The van der Waals surface area contributed by atoms with Crippen LogP contribution in [0.5, 0.6) is 0 Å². The fourth-order valence-electron chi connectivity index (χ4n) is 4.14. The van der Waals surface area contributed by atoms with E-state index in [1.54, 1.807) is 11.3 Å². The van der Waals surface area contributed by atoms with Crippen LogP contribution in [0.2, 0.25) is 6.32 Å². The molecule has 164 valence electrons. The van der Waals surface area contributed by atoms with Gasteiger partial charge in [-0.1, -0.05) is 30.6 Å². The average Bonchev–Trinajstić information content (AvgIpc) is 3.19. The molecule has 1 aliphatic rings. The first kappa shape index (κ1) is 25.4. The van der Waals surface area contributed by atoms with Crippen molar-refractivity contribution in [2.75, 3.05) is 0 Å². The number of aliphatic hydroxyl groups excluding tert-OH is 2. The van der Waals surface area contributed by atoms with Crippen LogP contribution in [-0.4, -0.2) is 41.3 Å². The topological polar surface area (TPSA) is 77.8 Å². The Hall–Kier alpha value is -0.885. The van der Waals surface area contributed by atoms with E-state index in [0.29, 0.717) is 25.6 Å². The zero-order valence-electron chi connectivity index (χ0n) is 17.5. The van der Waals surface area contributed by atoms with Crippen LogP contribution in [0.1, 0.15) is 48.3 Å². The Bertz CT molecular complexity index is 713. The summed E-state index contributed by atoms with van der Waals surface area (Å²) >= 11 is 5.28. The third kappa shape index (κ3) is 7.99. The van der Waals surface area contributed by atoms with Gasteiger partial charge in [-0.25, -0.2) is 0 Å². The van der Waals surface area contributed by atoms with Crippen LogP contribution in [0, 0.1) is 24.7 Å². The predicted octanol–water partition coefficient (Wildman–Crippen LogP) is 5.07. The normalized spacial score (nSPS) is 25.5. The summed E-state index contributed by atoms with van der Waals surface area (Å²) in [5.74, 6) is -0.342. The molecule has 4 nitrogen and oxygen atoms in total. The molecule has 0 bridgehead atoms. The number of hydrogen-bond acceptors (Lipinski definition) is 4. The first-order chi connectivity index (χ1) is 14.3. The highest BCUT2D eigenvalue weighted by Gasteiger charge is 2.39. The molecule has 3 N–H and O–H groups in total. The highest BCUT2D eigenvalue weighted by molar-refractivity contribution is 9.10. The summed E-state index contributed by atoms with van der Waals surface area (Å²) in [6, 6.07) is 2.12. The molecule has 1 aromatic rings. The lowest BCUT2D eigenvalue weighted by molar-refractivity contribution is -0.137. The van der Waals surface area contributed by atoms with Crippen LogP contribution in [0.3, 0.4) is 0 Å². The van der Waals surface area contributed by atoms with Gasteiger partial charge < -0.3 is 15.3 Å². The van der Waals surface area contributed by atoms with Crippen molar-refractivity contribution in [1.82, 2.24) is 0 Å². The number of halogens is 1. The molecule has 0 aromatic carbocycles. The van der Waals surface area contributed by atoms with Crippen molar-refractivity contribution < 1.29 is 20.1 Å². The number of hydrogen-bond donors (Lipinski definition) is 3. The van der Waals surface area contributed by atoms with E-state index in [2.05, 4.69) is 35.0 Å². The summed E-state index contributed by atoms with van der Waals surface area (Å²) in [5.41, 5.74) is 0. The van der Waals surface area contributed by atoms with E-state index in [-0.39, 0.29) is 24.2 Å². The maximum Gasteiger partial charge on any atom is 0.303 e. The number of allylic oxidation sites excluding steroid dienone is 3. The number of aryl methyl sites for hydroxylation is 2. The van der Waals surface area contributed by atoms with Gasteiger partial charge in [0, 0.05) is 20.6 Å². The van der Waals surface area contributed by atoms with E-state index in [1.807, 2.05) is 18.2 Å². The molecule has 7 heteroatoms. The number of carboxylic acids is 1. The van der Waals surface area contributed by atoms with E-state index in [1.165, 1.54) is 9.75 Å². The standard InChI is InChI=1S/C23H32BBrO4S/c1-15-21(25)13-18(30-15)10-8-17(26)9-11-19-16(14-24)12-22(27)20(19)6-4-2-3-5-7-23(28)29/h2,4,9,11,13,16-17,19-20,22,26-27H,3,5-8,10,12,14H2,1H3,(H,28,29)/t16?,17-,19-,20+,22?/m0/s1. The molecule has 0 amide bonds. The molecular weight excluding hydrogens is 463 g/mol. The van der Waals surface area contributed by atoms with Gasteiger partial charge in [-0.05, 0) is 85.2 Å². The number of thiophene rings is 1. The van der Waals surface area contributed by atoms with Gasteiger partial charge in [0.1, 0.15) is 0 Å². The van der Waals surface area contributed by atoms with E-state index in [4.69, 9.17) is 13.0 Å². The molecule has 2 rings (SSSR count). The number of carbonyl (C=O) groups is 1. The Balaban J connectivity index is 1.88. The third-order valence-corrected chi connectivity index (χ3v) is 8.06. The van der Waals surface area contributed by atoms with Gasteiger partial charge in [0.25, 0.3) is 0 Å². The van der Waals surface area contributed by atoms with E-state index in [0.717, 1.165) is 23.7 Å². The highest BCUT2D eigenvalue weighted by atomic mass is 79.9. The van der Waals surface area contributed by atoms with Crippen molar-refractivity contribution in [2.45, 2.75) is 70.4 Å². The number of aliphatic carboxylic acids is 1. The average molecular weight is 495 g/mol. The second-order valence-electron chi connectivity index (χ2n) is 8.14. The van der Waals surface area contributed by atoms with Crippen LogP contribution in [0.15, 0.2) is 34.8 Å². The minimum absolute atomic E-state index is 0.0774. The van der Waals surface area contributed by atoms with E-state index < -0.39 is 18.2 Å². The molecule has 1 aromatic heterocycles. The van der Waals surface area contributed by atoms with Crippen molar-refractivity contribution in [3.8, 4) is 0 Å². The molecule has 1 aliphatic carbocycles. The number of unbranched alkanes of at least 4 members (excludes halogenated alkanes) is 1. The van der Waals surface area contributed by atoms with Crippen molar-refractivity contribution >= 4 is 41.1 Å². The minimum atomic E-state index is -0.772. The molecular formula is C23H32BBrO4S. The molecule has 0 spiro atoms. The van der Waals surface area contributed by atoms with E-state index in [9.17, 15) is 15.0 Å². The van der Waals surface area contributed by atoms with E-state index >= 15 is 0 Å². The van der Waals surface area contributed by atoms with Gasteiger partial charge >= 0.3 is 5.97 Å². The van der Waals surface area contributed by atoms with Crippen molar-refractivity contribution in [2.24, 2.45) is 17.8 Å².